The number of carbonyl (C=O) groups is 1. The summed E-state index contributed by atoms with van der Waals surface area (Å²) in [5, 5.41) is 29.0. The molecule has 0 atom stereocenters. The van der Waals surface area contributed by atoms with Crippen LogP contribution in [0.25, 0.3) is 17.4 Å². The molecule has 0 bridgehead atoms. The van der Waals surface area contributed by atoms with E-state index in [1.165, 1.54) is 12.1 Å². The molecule has 1 aromatic heterocycles. The molecule has 7 heteroatoms. The normalized spacial score (nSPS) is 11.0. The largest absolute Gasteiger partial charge is 0.733 e. The van der Waals surface area contributed by atoms with Gasteiger partial charge in [0.05, 0.1) is 12.3 Å². The summed E-state index contributed by atoms with van der Waals surface area (Å²) in [7, 11) is 0. The van der Waals surface area contributed by atoms with E-state index in [1.807, 2.05) is 0 Å². The molecule has 0 aliphatic rings. The van der Waals surface area contributed by atoms with Crippen molar-refractivity contribution >= 4 is 17.7 Å². The maximum atomic E-state index is 11.6. The Morgan fingerprint density at radius 2 is 2.21 bits per heavy atom. The lowest BCUT2D eigenvalue weighted by Crippen LogP contribution is -2.08. The number of nitriles is 1. The molecule has 1 aromatic carbocycles. The highest BCUT2D eigenvalue weighted by molar-refractivity contribution is 5.97. The monoisotopic (exact) mass is 327 g/mol. The second-order valence-electron chi connectivity index (χ2n) is 4.87. The highest BCUT2D eigenvalue weighted by Crippen LogP contribution is 2.29. The molecule has 0 fully saturated rings. The Morgan fingerprint density at radius 3 is 2.83 bits per heavy atom. The standard InChI is InChI=1S/C17H15N2O5/c1-3-23-17(20)13(10-18)8-14-6-7-16(24-14)12-5-4-11(2)15(9-12)19(21)22/h4-9,21H,3H2,1-2H3/q-1. The van der Waals surface area contributed by atoms with Crippen LogP contribution in [0.4, 0.5) is 5.69 Å². The number of esters is 1. The Balaban J connectivity index is 2.33. The fraction of sp³-hybridized carbons (Fsp3) is 0.176. The highest BCUT2D eigenvalue weighted by atomic mass is 16.8. The van der Waals surface area contributed by atoms with Crippen molar-refractivity contribution in [1.82, 2.24) is 0 Å². The van der Waals surface area contributed by atoms with Crippen molar-refractivity contribution in [3.63, 3.8) is 0 Å². The van der Waals surface area contributed by atoms with Gasteiger partial charge in [0.1, 0.15) is 23.2 Å². The maximum absolute atomic E-state index is 11.6. The van der Waals surface area contributed by atoms with Gasteiger partial charge < -0.3 is 19.6 Å². The van der Waals surface area contributed by atoms with E-state index in [0.29, 0.717) is 22.6 Å². The zero-order valence-electron chi connectivity index (χ0n) is 13.1. The van der Waals surface area contributed by atoms with E-state index >= 15 is 0 Å². The quantitative estimate of drug-likeness (QED) is 0.388. The number of aryl methyl sites for hydroxylation is 1. The second kappa shape index (κ2) is 7.46. The predicted octanol–water partition coefficient (Wildman–Crippen LogP) is 3.42. The molecule has 7 nitrogen and oxygen atoms in total. The Kier molecular flexibility index (Phi) is 5.37. The Labute approximate surface area is 138 Å². The van der Waals surface area contributed by atoms with Gasteiger partial charge in [-0.2, -0.15) is 5.26 Å². The first-order valence-corrected chi connectivity index (χ1v) is 7.12. The molecule has 24 heavy (non-hydrogen) atoms. The number of anilines is 1. The summed E-state index contributed by atoms with van der Waals surface area (Å²) in [6.45, 7) is 3.50. The van der Waals surface area contributed by atoms with Gasteiger partial charge in [-0.05, 0) is 37.6 Å². The molecule has 0 unspecified atom stereocenters. The van der Waals surface area contributed by atoms with Crippen LogP contribution in [0.3, 0.4) is 0 Å². The average molecular weight is 327 g/mol. The van der Waals surface area contributed by atoms with Gasteiger partial charge in [0.2, 0.25) is 0 Å². The fourth-order valence-corrected chi connectivity index (χ4v) is 2.04. The molecule has 124 valence electrons. The lowest BCUT2D eigenvalue weighted by Gasteiger charge is -2.24. The van der Waals surface area contributed by atoms with E-state index in [1.54, 1.807) is 44.2 Å². The molecule has 1 N–H and O–H groups in total. The van der Waals surface area contributed by atoms with Crippen molar-refractivity contribution in [2.24, 2.45) is 0 Å². The summed E-state index contributed by atoms with van der Waals surface area (Å²) in [5.41, 5.74) is 1.10. The van der Waals surface area contributed by atoms with Crippen LogP contribution in [-0.2, 0) is 9.53 Å². The van der Waals surface area contributed by atoms with Crippen molar-refractivity contribution in [3.8, 4) is 17.4 Å². The third-order valence-corrected chi connectivity index (χ3v) is 3.23. The minimum Gasteiger partial charge on any atom is -0.733 e. The second-order valence-corrected chi connectivity index (χ2v) is 4.87. The Hall–Kier alpha value is -3.08. The van der Waals surface area contributed by atoms with Crippen LogP contribution in [0.1, 0.15) is 18.2 Å². The number of nitrogens with zero attached hydrogens (tertiary/aromatic N) is 2. The van der Waals surface area contributed by atoms with Crippen LogP contribution < -0.4 is 5.23 Å². The average Bonchev–Trinajstić information content (AvgIpc) is 3.01. The number of rotatable bonds is 5. The minimum absolute atomic E-state index is 0.102. The molecule has 0 radical (unpaired) electrons. The van der Waals surface area contributed by atoms with Crippen molar-refractivity contribution in [2.45, 2.75) is 13.8 Å². The van der Waals surface area contributed by atoms with Gasteiger partial charge in [-0.3, -0.25) is 5.21 Å². The number of ether oxygens (including phenoxy) is 1. The van der Waals surface area contributed by atoms with Gasteiger partial charge in [-0.15, -0.1) is 0 Å². The van der Waals surface area contributed by atoms with E-state index in [4.69, 9.17) is 19.6 Å². The molecule has 0 amide bonds. The van der Waals surface area contributed by atoms with E-state index in [9.17, 15) is 10.0 Å². The fourth-order valence-electron chi connectivity index (χ4n) is 2.04. The first-order valence-electron chi connectivity index (χ1n) is 7.12. The lowest BCUT2D eigenvalue weighted by molar-refractivity contribution is -0.137. The summed E-state index contributed by atoms with van der Waals surface area (Å²) in [4.78, 5) is 11.6. The summed E-state index contributed by atoms with van der Waals surface area (Å²) in [6.07, 6.45) is 1.28. The van der Waals surface area contributed by atoms with Gasteiger partial charge in [0.25, 0.3) is 0 Å². The predicted molar refractivity (Wildman–Crippen MR) is 86.7 cm³/mol. The molecule has 0 aliphatic heterocycles. The molecule has 1 heterocycles. The van der Waals surface area contributed by atoms with Gasteiger partial charge in [-0.25, -0.2) is 4.79 Å². The first-order chi connectivity index (χ1) is 11.5. The van der Waals surface area contributed by atoms with Crippen LogP contribution in [-0.4, -0.2) is 17.8 Å². The third kappa shape index (κ3) is 3.81. The number of furan rings is 1. The molecular weight excluding hydrogens is 312 g/mol. The Bertz CT molecular complexity index is 815. The number of benzene rings is 1. The van der Waals surface area contributed by atoms with E-state index in [0.717, 1.165) is 0 Å². The summed E-state index contributed by atoms with van der Waals surface area (Å²) in [6, 6.07) is 9.85. The summed E-state index contributed by atoms with van der Waals surface area (Å²) in [5.74, 6) is -0.0111. The molecule has 2 rings (SSSR count). The Morgan fingerprint density at radius 1 is 1.46 bits per heavy atom. The molecular formula is C17H15N2O5-. The topological polar surface area (TPSA) is 110 Å². The minimum atomic E-state index is -0.724. The van der Waals surface area contributed by atoms with Gasteiger partial charge >= 0.3 is 5.97 Å². The van der Waals surface area contributed by atoms with Gasteiger partial charge in [0.15, 0.2) is 0 Å². The smallest absolute Gasteiger partial charge is 0.349 e. The van der Waals surface area contributed by atoms with Crippen LogP contribution in [0.15, 0.2) is 40.3 Å². The third-order valence-electron chi connectivity index (χ3n) is 3.23. The molecule has 0 saturated heterocycles. The van der Waals surface area contributed by atoms with Crippen molar-refractivity contribution in [1.29, 1.82) is 5.26 Å². The first kappa shape index (κ1) is 17.3. The van der Waals surface area contributed by atoms with Crippen LogP contribution >= 0.6 is 0 Å². The highest BCUT2D eigenvalue weighted by Gasteiger charge is 2.12. The lowest BCUT2D eigenvalue weighted by atomic mass is 10.1. The van der Waals surface area contributed by atoms with Crippen molar-refractivity contribution in [2.75, 3.05) is 11.8 Å². The number of hydrogen-bond acceptors (Lipinski definition) is 7. The SMILES string of the molecule is CCOC(=O)C(C#N)=Cc1ccc(-c2ccc(C)c(N([O-])O)c2)o1. The molecule has 2 aromatic rings. The van der Waals surface area contributed by atoms with Crippen molar-refractivity contribution < 1.29 is 19.2 Å². The zero-order chi connectivity index (χ0) is 17.7. The zero-order valence-corrected chi connectivity index (χ0v) is 13.1. The number of carbonyl (C=O) groups excluding carboxylic acids is 1. The maximum Gasteiger partial charge on any atom is 0.349 e. The van der Waals surface area contributed by atoms with Crippen LogP contribution in [0.5, 0.6) is 0 Å². The van der Waals surface area contributed by atoms with Crippen molar-refractivity contribution in [3.05, 3.63) is 52.4 Å². The molecule has 0 saturated carbocycles. The summed E-state index contributed by atoms with van der Waals surface area (Å²) < 4.78 is 10.3. The van der Waals surface area contributed by atoms with E-state index in [-0.39, 0.29) is 23.1 Å². The van der Waals surface area contributed by atoms with Crippen LogP contribution in [0.2, 0.25) is 0 Å². The molecule has 0 aliphatic carbocycles. The van der Waals surface area contributed by atoms with Gasteiger partial charge in [-0.1, -0.05) is 12.1 Å². The number of hydrogen-bond donors (Lipinski definition) is 1. The van der Waals surface area contributed by atoms with Gasteiger partial charge in [0, 0.05) is 11.6 Å². The van der Waals surface area contributed by atoms with E-state index in [2.05, 4.69) is 0 Å². The summed E-state index contributed by atoms with van der Waals surface area (Å²) >= 11 is 0. The van der Waals surface area contributed by atoms with E-state index < -0.39 is 5.97 Å². The van der Waals surface area contributed by atoms with Crippen LogP contribution in [0, 0.1) is 23.5 Å². The molecule has 0 spiro atoms.